The summed E-state index contributed by atoms with van der Waals surface area (Å²) in [4.78, 5) is 0. The molecule has 1 N–H and O–H groups in total. The maximum absolute atomic E-state index is 3.79. The lowest BCUT2D eigenvalue weighted by Crippen LogP contribution is -1.94. The summed E-state index contributed by atoms with van der Waals surface area (Å²) in [6.07, 6.45) is 1.87. The summed E-state index contributed by atoms with van der Waals surface area (Å²) in [6.45, 7) is 2.07. The first-order valence-corrected chi connectivity index (χ1v) is 3.51. The van der Waals surface area contributed by atoms with Gasteiger partial charge in [0.1, 0.15) is 0 Å². The molecule has 1 aliphatic rings. The summed E-state index contributed by atoms with van der Waals surface area (Å²) >= 11 is 0. The highest BCUT2D eigenvalue weighted by molar-refractivity contribution is 5.86. The van der Waals surface area contributed by atoms with Crippen molar-refractivity contribution in [2.75, 3.05) is 5.43 Å². The number of benzene rings is 1. The Morgan fingerprint density at radius 1 is 1.45 bits per heavy atom. The lowest BCUT2D eigenvalue weighted by molar-refractivity contribution is 1.32. The van der Waals surface area contributed by atoms with E-state index >= 15 is 0 Å². The molecule has 0 radical (unpaired) electrons. The van der Waals surface area contributed by atoms with E-state index in [0.717, 1.165) is 11.3 Å². The maximum atomic E-state index is 3.79. The molecule has 1 heterocycles. The fraction of sp³-hybridized carbons (Fsp3) is 0.111. The van der Waals surface area contributed by atoms with Crippen LogP contribution < -0.4 is 5.43 Å². The van der Waals surface area contributed by atoms with E-state index in [9.17, 15) is 0 Å². The minimum Gasteiger partial charge on any atom is -0.270 e. The zero-order chi connectivity index (χ0) is 7.68. The van der Waals surface area contributed by atoms with Gasteiger partial charge in [-0.3, -0.25) is 5.43 Å². The number of rotatable bonds is 0. The topological polar surface area (TPSA) is 24.4 Å². The molecule has 2 nitrogen and oxygen atoms in total. The summed E-state index contributed by atoms with van der Waals surface area (Å²) in [7, 11) is 0. The number of nitrogens with zero attached hydrogens (tertiary/aromatic N) is 1. The van der Waals surface area contributed by atoms with Crippen LogP contribution in [0.1, 0.15) is 11.1 Å². The summed E-state index contributed by atoms with van der Waals surface area (Å²) < 4.78 is 0. The first-order valence-electron chi connectivity index (χ1n) is 3.51. The minimum atomic E-state index is 1.05. The molecule has 2 rings (SSSR count). The van der Waals surface area contributed by atoms with E-state index in [1.165, 1.54) is 5.56 Å². The second-order valence-electron chi connectivity index (χ2n) is 2.59. The lowest BCUT2D eigenvalue weighted by atomic mass is 10.1. The van der Waals surface area contributed by atoms with E-state index in [2.05, 4.69) is 35.5 Å². The molecular weight excluding hydrogens is 136 g/mol. The maximum Gasteiger partial charge on any atom is 0.0648 e. The Kier molecular flexibility index (Phi) is 1.27. The van der Waals surface area contributed by atoms with Gasteiger partial charge in [0.25, 0.3) is 0 Å². The van der Waals surface area contributed by atoms with Gasteiger partial charge in [-0.2, -0.15) is 0 Å². The molecule has 1 aliphatic heterocycles. The predicted molar refractivity (Wildman–Crippen MR) is 46.7 cm³/mol. The third-order valence-electron chi connectivity index (χ3n) is 1.67. The molecule has 0 bridgehead atoms. The van der Waals surface area contributed by atoms with Gasteiger partial charge in [-0.25, -0.2) is 0 Å². The van der Waals surface area contributed by atoms with Crippen LogP contribution in [-0.4, -0.2) is 5.87 Å². The summed E-state index contributed by atoms with van der Waals surface area (Å²) in [6, 6.07) is 6.18. The molecule has 0 amide bonds. The molecule has 0 aromatic heterocycles. The van der Waals surface area contributed by atoms with Crippen LogP contribution in [-0.2, 0) is 0 Å². The zero-order valence-corrected chi connectivity index (χ0v) is 6.26. The number of nitrogens with one attached hydrogen (secondary N) is 1. The Labute approximate surface area is 65.2 Å². The highest BCUT2D eigenvalue weighted by Crippen LogP contribution is 2.19. The van der Waals surface area contributed by atoms with Crippen LogP contribution in [0.4, 0.5) is 5.69 Å². The number of fused-ring (bicyclic) bond motifs is 1. The largest absolute Gasteiger partial charge is 0.270 e. The van der Waals surface area contributed by atoms with Gasteiger partial charge in [-0.15, -0.1) is 5.10 Å². The Morgan fingerprint density at radius 2 is 2.36 bits per heavy atom. The number of hydrogen-bond acceptors (Lipinski definition) is 2. The molecule has 0 aliphatic carbocycles. The second-order valence-corrected chi connectivity index (χ2v) is 2.59. The van der Waals surface area contributed by atoms with Crippen molar-refractivity contribution in [3.8, 4) is 0 Å². The fourth-order valence-electron chi connectivity index (χ4n) is 1.10. The molecule has 54 valence electrons. The predicted octanol–water partition coefficient (Wildman–Crippen LogP) is 2.02. The quantitative estimate of drug-likeness (QED) is 0.591. The highest BCUT2D eigenvalue weighted by Gasteiger charge is 2.00. The third-order valence-corrected chi connectivity index (χ3v) is 1.67. The lowest BCUT2D eigenvalue weighted by Gasteiger charge is -2.06. The molecule has 0 saturated carbocycles. The SMILES string of the molecule is Cc1ccc2c(c1)C=C=NN2. The smallest absolute Gasteiger partial charge is 0.0648 e. The van der Waals surface area contributed by atoms with Crippen LogP contribution in [0.15, 0.2) is 23.3 Å². The average molecular weight is 144 g/mol. The monoisotopic (exact) mass is 144 g/mol. The van der Waals surface area contributed by atoms with E-state index in [1.54, 1.807) is 0 Å². The van der Waals surface area contributed by atoms with Gasteiger partial charge in [-0.05, 0) is 19.1 Å². The van der Waals surface area contributed by atoms with Crippen molar-refractivity contribution >= 4 is 17.6 Å². The molecule has 0 spiro atoms. The molecule has 0 fully saturated rings. The van der Waals surface area contributed by atoms with E-state index in [1.807, 2.05) is 12.1 Å². The number of hydrazone groups is 1. The molecule has 1 aromatic rings. The van der Waals surface area contributed by atoms with E-state index in [4.69, 9.17) is 0 Å². The molecular formula is C9H8N2. The summed E-state index contributed by atoms with van der Waals surface area (Å²) in [5.41, 5.74) is 6.33. The van der Waals surface area contributed by atoms with Gasteiger partial charge in [0.2, 0.25) is 0 Å². The van der Waals surface area contributed by atoms with Gasteiger partial charge in [0.15, 0.2) is 0 Å². The third kappa shape index (κ3) is 1.04. The van der Waals surface area contributed by atoms with Crippen molar-refractivity contribution in [1.82, 2.24) is 0 Å². The first-order chi connectivity index (χ1) is 5.36. The molecule has 0 unspecified atom stereocenters. The Balaban J connectivity index is 2.62. The Hall–Kier alpha value is -1.53. The molecule has 0 atom stereocenters. The average Bonchev–Trinajstić information content (AvgIpc) is 2.04. The molecule has 0 saturated heterocycles. The molecule has 1 aromatic carbocycles. The number of anilines is 1. The van der Waals surface area contributed by atoms with E-state index in [-0.39, 0.29) is 0 Å². The van der Waals surface area contributed by atoms with Crippen LogP contribution in [0.25, 0.3) is 6.08 Å². The van der Waals surface area contributed by atoms with Crippen molar-refractivity contribution in [3.63, 3.8) is 0 Å². The van der Waals surface area contributed by atoms with Crippen molar-refractivity contribution in [3.05, 3.63) is 29.3 Å². The minimum absolute atomic E-state index is 1.05. The number of hydrogen-bond donors (Lipinski definition) is 1. The van der Waals surface area contributed by atoms with Crippen molar-refractivity contribution in [2.24, 2.45) is 5.10 Å². The highest BCUT2D eigenvalue weighted by atomic mass is 15.3. The second kappa shape index (κ2) is 2.26. The van der Waals surface area contributed by atoms with Gasteiger partial charge in [0, 0.05) is 17.5 Å². The normalized spacial score (nSPS) is 12.5. The van der Waals surface area contributed by atoms with Crippen molar-refractivity contribution in [2.45, 2.75) is 6.92 Å². The Bertz CT molecular complexity index is 347. The zero-order valence-electron chi connectivity index (χ0n) is 6.26. The van der Waals surface area contributed by atoms with Crippen LogP contribution >= 0.6 is 0 Å². The first kappa shape index (κ1) is 6.20. The van der Waals surface area contributed by atoms with Gasteiger partial charge >= 0.3 is 0 Å². The van der Waals surface area contributed by atoms with Gasteiger partial charge < -0.3 is 0 Å². The van der Waals surface area contributed by atoms with Crippen molar-refractivity contribution in [1.29, 1.82) is 0 Å². The van der Waals surface area contributed by atoms with Crippen molar-refractivity contribution < 1.29 is 0 Å². The fourth-order valence-corrected chi connectivity index (χ4v) is 1.10. The van der Waals surface area contributed by atoms with Gasteiger partial charge in [0.05, 0.1) is 5.69 Å². The molecule has 11 heavy (non-hydrogen) atoms. The van der Waals surface area contributed by atoms with Crippen LogP contribution in [0.5, 0.6) is 0 Å². The van der Waals surface area contributed by atoms with Crippen LogP contribution in [0.3, 0.4) is 0 Å². The number of aryl methyl sites for hydroxylation is 1. The Morgan fingerprint density at radius 3 is 3.27 bits per heavy atom. The van der Waals surface area contributed by atoms with Crippen LogP contribution in [0.2, 0.25) is 0 Å². The van der Waals surface area contributed by atoms with E-state index < -0.39 is 0 Å². The standard InChI is InChI=1S/C9H8N2/c1-7-2-3-9-8(6-7)4-5-10-11-9/h2-4,6,11H,1H3. The summed E-state index contributed by atoms with van der Waals surface area (Å²) in [5.74, 6) is 2.76. The van der Waals surface area contributed by atoms with Crippen LogP contribution in [0, 0.1) is 6.92 Å². The van der Waals surface area contributed by atoms with E-state index in [0.29, 0.717) is 0 Å². The summed E-state index contributed by atoms with van der Waals surface area (Å²) in [5, 5.41) is 3.79. The van der Waals surface area contributed by atoms with Gasteiger partial charge in [-0.1, -0.05) is 11.6 Å². The molecule has 2 heteroatoms.